The first-order chi connectivity index (χ1) is 8.63. The van der Waals surface area contributed by atoms with Crippen LogP contribution in [0, 0.1) is 0 Å². The lowest BCUT2D eigenvalue weighted by Crippen LogP contribution is -2.28. The molecule has 18 heavy (non-hydrogen) atoms. The minimum Gasteiger partial charge on any atom is -0.394 e. The van der Waals surface area contributed by atoms with Gasteiger partial charge in [0.05, 0.1) is 24.1 Å². The van der Waals surface area contributed by atoms with Gasteiger partial charge in [0.2, 0.25) is 5.91 Å². The Labute approximate surface area is 106 Å². The van der Waals surface area contributed by atoms with Gasteiger partial charge < -0.3 is 20.4 Å². The Bertz CT molecular complexity index is 448. The maximum Gasteiger partial charge on any atom is 0.223 e. The first kappa shape index (κ1) is 12.9. The van der Waals surface area contributed by atoms with Crippen LogP contribution in [0.3, 0.4) is 0 Å². The summed E-state index contributed by atoms with van der Waals surface area (Å²) < 4.78 is 0. The van der Waals surface area contributed by atoms with Gasteiger partial charge in [-0.05, 0) is 18.1 Å². The summed E-state index contributed by atoms with van der Waals surface area (Å²) in [6.45, 7) is 2.23. The third-order valence-corrected chi connectivity index (χ3v) is 3.11. The van der Waals surface area contributed by atoms with E-state index in [9.17, 15) is 9.90 Å². The molecule has 2 rings (SSSR count). The summed E-state index contributed by atoms with van der Waals surface area (Å²) in [6.07, 6.45) is 0.0560. The minimum atomic E-state index is -0.798. The van der Waals surface area contributed by atoms with Gasteiger partial charge in [-0.1, -0.05) is 12.1 Å². The van der Waals surface area contributed by atoms with Gasteiger partial charge in [0.25, 0.3) is 0 Å². The third kappa shape index (κ3) is 2.47. The zero-order chi connectivity index (χ0) is 13.1. The van der Waals surface area contributed by atoms with Crippen LogP contribution in [0.4, 0.5) is 11.4 Å². The van der Waals surface area contributed by atoms with Crippen LogP contribution in [0.25, 0.3) is 0 Å². The van der Waals surface area contributed by atoms with Crippen molar-refractivity contribution in [3.8, 4) is 0 Å². The lowest BCUT2D eigenvalue weighted by molar-refractivity contribution is -0.116. The fourth-order valence-corrected chi connectivity index (χ4v) is 2.21. The number of anilines is 2. The summed E-state index contributed by atoms with van der Waals surface area (Å²) in [6, 6.07) is 5.81. The molecule has 1 amide bonds. The number of fused-ring (bicyclic) bond motifs is 1. The van der Waals surface area contributed by atoms with Gasteiger partial charge in [0.15, 0.2) is 0 Å². The van der Waals surface area contributed by atoms with Gasteiger partial charge in [-0.25, -0.2) is 0 Å². The van der Waals surface area contributed by atoms with Crippen LogP contribution in [-0.2, 0) is 11.2 Å². The van der Waals surface area contributed by atoms with E-state index in [4.69, 9.17) is 5.11 Å². The molecule has 5 nitrogen and oxygen atoms in total. The molecule has 0 bridgehead atoms. The van der Waals surface area contributed by atoms with Gasteiger partial charge in [-0.3, -0.25) is 4.79 Å². The average Bonchev–Trinajstić information content (AvgIpc) is 2.80. The highest BCUT2D eigenvalue weighted by molar-refractivity contribution is 5.97. The number of nitrogens with zero attached hydrogens (tertiary/aromatic N) is 1. The molecule has 1 aliphatic heterocycles. The smallest absolute Gasteiger partial charge is 0.223 e. The normalized spacial score (nSPS) is 15.4. The zero-order valence-corrected chi connectivity index (χ0v) is 10.4. The monoisotopic (exact) mass is 250 g/mol. The number of amides is 1. The molecule has 0 aromatic heterocycles. The number of para-hydroxylation sites is 1. The van der Waals surface area contributed by atoms with Crippen LogP contribution >= 0.6 is 0 Å². The number of carbonyl (C=O) groups is 1. The number of benzene rings is 1. The van der Waals surface area contributed by atoms with E-state index in [1.165, 1.54) is 0 Å². The highest BCUT2D eigenvalue weighted by Gasteiger charge is 2.24. The van der Waals surface area contributed by atoms with Gasteiger partial charge >= 0.3 is 0 Å². The molecular formula is C13H18N2O3. The van der Waals surface area contributed by atoms with Crippen molar-refractivity contribution in [1.82, 2.24) is 0 Å². The van der Waals surface area contributed by atoms with E-state index >= 15 is 0 Å². The second-order valence-corrected chi connectivity index (χ2v) is 4.45. The third-order valence-electron chi connectivity index (χ3n) is 3.11. The molecule has 1 aliphatic rings. The molecule has 0 saturated carbocycles. The number of nitrogens with one attached hydrogen (secondary N) is 1. The molecule has 3 N–H and O–H groups in total. The van der Waals surface area contributed by atoms with Gasteiger partial charge in [0, 0.05) is 20.0 Å². The maximum atomic E-state index is 11.6. The molecular weight excluding hydrogens is 232 g/mol. The van der Waals surface area contributed by atoms with Gasteiger partial charge in [-0.2, -0.15) is 0 Å². The standard InChI is InChI=1S/C13H18N2O3/c1-9(17)15-6-5-10-3-2-4-12(13(10)15)14-7-11(18)8-16/h2-4,11,14,16,18H,5-8H2,1H3. The van der Waals surface area contributed by atoms with Crippen LogP contribution in [0.15, 0.2) is 18.2 Å². The van der Waals surface area contributed by atoms with Crippen LogP contribution in [-0.4, -0.2) is 41.9 Å². The highest BCUT2D eigenvalue weighted by Crippen LogP contribution is 2.35. The summed E-state index contributed by atoms with van der Waals surface area (Å²) in [5.74, 6) is 0.0192. The van der Waals surface area contributed by atoms with Crippen LogP contribution in [0.2, 0.25) is 0 Å². The van der Waals surface area contributed by atoms with Crippen molar-refractivity contribution in [2.75, 3.05) is 29.9 Å². The maximum absolute atomic E-state index is 11.6. The summed E-state index contributed by atoms with van der Waals surface area (Å²) in [5, 5.41) is 21.2. The largest absolute Gasteiger partial charge is 0.394 e. The van der Waals surface area contributed by atoms with Crippen molar-refractivity contribution in [3.63, 3.8) is 0 Å². The van der Waals surface area contributed by atoms with E-state index < -0.39 is 6.10 Å². The van der Waals surface area contributed by atoms with Crippen LogP contribution < -0.4 is 10.2 Å². The SMILES string of the molecule is CC(=O)N1CCc2cccc(NCC(O)CO)c21. The predicted molar refractivity (Wildman–Crippen MR) is 69.8 cm³/mol. The van der Waals surface area contributed by atoms with Crippen LogP contribution in [0.1, 0.15) is 12.5 Å². The molecule has 0 fully saturated rings. The Balaban J connectivity index is 2.21. The zero-order valence-electron chi connectivity index (χ0n) is 10.4. The fraction of sp³-hybridized carbons (Fsp3) is 0.462. The van der Waals surface area contributed by atoms with E-state index in [-0.39, 0.29) is 19.1 Å². The van der Waals surface area contributed by atoms with Crippen molar-refractivity contribution in [3.05, 3.63) is 23.8 Å². The Morgan fingerprint density at radius 2 is 2.33 bits per heavy atom. The molecule has 1 aromatic rings. The van der Waals surface area contributed by atoms with Crippen molar-refractivity contribution >= 4 is 17.3 Å². The summed E-state index contributed by atoms with van der Waals surface area (Å²) in [5.41, 5.74) is 2.86. The molecule has 0 radical (unpaired) electrons. The average molecular weight is 250 g/mol. The van der Waals surface area contributed by atoms with Crippen molar-refractivity contribution in [2.24, 2.45) is 0 Å². The Hall–Kier alpha value is -1.59. The second kappa shape index (κ2) is 5.37. The Morgan fingerprint density at radius 1 is 1.56 bits per heavy atom. The molecule has 1 atom stereocenters. The van der Waals surface area contributed by atoms with E-state index in [0.29, 0.717) is 6.54 Å². The van der Waals surface area contributed by atoms with E-state index in [1.807, 2.05) is 18.2 Å². The highest BCUT2D eigenvalue weighted by atomic mass is 16.3. The molecule has 1 aromatic carbocycles. The molecule has 0 aliphatic carbocycles. The van der Waals surface area contributed by atoms with Gasteiger partial charge in [-0.15, -0.1) is 0 Å². The molecule has 0 spiro atoms. The first-order valence-electron chi connectivity index (χ1n) is 6.06. The topological polar surface area (TPSA) is 72.8 Å². The predicted octanol–water partition coefficient (Wildman–Crippen LogP) is 0.361. The Kier molecular flexibility index (Phi) is 3.84. The number of carbonyl (C=O) groups excluding carboxylic acids is 1. The second-order valence-electron chi connectivity index (χ2n) is 4.45. The quantitative estimate of drug-likeness (QED) is 0.721. The Morgan fingerprint density at radius 3 is 3.00 bits per heavy atom. The lowest BCUT2D eigenvalue weighted by atomic mass is 10.1. The van der Waals surface area contributed by atoms with Crippen molar-refractivity contribution in [2.45, 2.75) is 19.4 Å². The molecule has 1 unspecified atom stereocenters. The van der Waals surface area contributed by atoms with Crippen molar-refractivity contribution in [1.29, 1.82) is 0 Å². The van der Waals surface area contributed by atoms with E-state index in [2.05, 4.69) is 5.32 Å². The number of hydrogen-bond acceptors (Lipinski definition) is 4. The van der Waals surface area contributed by atoms with E-state index in [0.717, 1.165) is 23.4 Å². The summed E-state index contributed by atoms with van der Waals surface area (Å²) >= 11 is 0. The molecule has 1 heterocycles. The summed E-state index contributed by atoms with van der Waals surface area (Å²) in [7, 11) is 0. The summed E-state index contributed by atoms with van der Waals surface area (Å²) in [4.78, 5) is 13.3. The number of rotatable bonds is 4. The van der Waals surface area contributed by atoms with Gasteiger partial charge in [0.1, 0.15) is 0 Å². The minimum absolute atomic E-state index is 0.0192. The first-order valence-corrected chi connectivity index (χ1v) is 6.06. The molecule has 98 valence electrons. The molecule has 5 heteroatoms. The fourth-order valence-electron chi connectivity index (χ4n) is 2.21. The van der Waals surface area contributed by atoms with Crippen molar-refractivity contribution < 1.29 is 15.0 Å². The lowest BCUT2D eigenvalue weighted by Gasteiger charge is -2.20. The van der Waals surface area contributed by atoms with Crippen LogP contribution in [0.5, 0.6) is 0 Å². The number of aliphatic hydroxyl groups excluding tert-OH is 2. The number of hydrogen-bond donors (Lipinski definition) is 3. The van der Waals surface area contributed by atoms with E-state index in [1.54, 1.807) is 11.8 Å². The molecule has 0 saturated heterocycles. The number of aliphatic hydroxyl groups is 2.